The number of hydrogen-bond donors (Lipinski definition) is 4. The molecule has 0 spiro atoms. The van der Waals surface area contributed by atoms with E-state index in [1.165, 1.54) is 18.2 Å². The van der Waals surface area contributed by atoms with Gasteiger partial charge in [0.05, 0.1) is 5.56 Å². The van der Waals surface area contributed by atoms with Crippen LogP contribution in [0.2, 0.25) is 0 Å². The standard InChI is InChI=1S/C9H10N6O/c10-4-5-2-1-3-6(16)7(5)14-9(13)15-8(11)12/h1-3,16H,(H6,11,12,13,14,15). The Kier molecular flexibility index (Phi) is 3.29. The van der Waals surface area contributed by atoms with Crippen LogP contribution in [0.15, 0.2) is 28.2 Å². The Bertz CT molecular complexity index is 495. The van der Waals surface area contributed by atoms with E-state index < -0.39 is 0 Å². The van der Waals surface area contributed by atoms with E-state index in [1.807, 2.05) is 6.07 Å². The molecule has 0 aliphatic rings. The van der Waals surface area contributed by atoms with E-state index in [1.54, 1.807) is 0 Å². The number of nitrogens with two attached hydrogens (primary N) is 3. The van der Waals surface area contributed by atoms with Gasteiger partial charge in [0, 0.05) is 0 Å². The summed E-state index contributed by atoms with van der Waals surface area (Å²) in [6.07, 6.45) is 0. The van der Waals surface area contributed by atoms with Crippen LogP contribution in [-0.4, -0.2) is 17.0 Å². The normalized spacial score (nSPS) is 10.6. The summed E-state index contributed by atoms with van der Waals surface area (Å²) in [6.45, 7) is 0. The summed E-state index contributed by atoms with van der Waals surface area (Å²) in [5, 5.41) is 18.3. The molecular formula is C9H10N6O. The molecule has 0 aliphatic heterocycles. The molecule has 0 saturated carbocycles. The van der Waals surface area contributed by atoms with Crippen molar-refractivity contribution in [2.24, 2.45) is 27.2 Å². The van der Waals surface area contributed by atoms with Crippen LogP contribution in [0.25, 0.3) is 0 Å². The molecule has 0 radical (unpaired) electrons. The first kappa shape index (κ1) is 11.3. The monoisotopic (exact) mass is 218 g/mol. The third-order valence-corrected chi connectivity index (χ3v) is 1.61. The number of rotatable bonds is 1. The molecule has 16 heavy (non-hydrogen) atoms. The molecule has 0 heterocycles. The van der Waals surface area contributed by atoms with Gasteiger partial charge in [0.1, 0.15) is 17.5 Å². The maximum Gasteiger partial charge on any atom is 0.223 e. The predicted octanol–water partition coefficient (Wildman–Crippen LogP) is -0.517. The molecule has 0 atom stereocenters. The third kappa shape index (κ3) is 2.62. The highest BCUT2D eigenvalue weighted by Crippen LogP contribution is 2.29. The van der Waals surface area contributed by atoms with Crippen molar-refractivity contribution in [2.45, 2.75) is 0 Å². The Labute approximate surface area is 91.5 Å². The van der Waals surface area contributed by atoms with Gasteiger partial charge in [0.25, 0.3) is 0 Å². The highest BCUT2D eigenvalue weighted by Gasteiger charge is 2.06. The number of phenolic OH excluding ortho intramolecular Hbond substituents is 1. The highest BCUT2D eigenvalue weighted by molar-refractivity contribution is 5.94. The molecule has 0 fully saturated rings. The summed E-state index contributed by atoms with van der Waals surface area (Å²) in [4.78, 5) is 7.21. The number of phenols is 1. The fourth-order valence-corrected chi connectivity index (χ4v) is 1.01. The quantitative estimate of drug-likeness (QED) is 0.370. The second-order valence-electron chi connectivity index (χ2n) is 2.79. The Morgan fingerprint density at radius 3 is 2.56 bits per heavy atom. The second kappa shape index (κ2) is 4.65. The number of benzene rings is 1. The molecule has 0 bridgehead atoms. The van der Waals surface area contributed by atoms with E-state index >= 15 is 0 Å². The SMILES string of the molecule is N#Cc1cccc(O)c1N=C(N)N=C(N)N. The predicted molar refractivity (Wildman–Crippen MR) is 59.9 cm³/mol. The van der Waals surface area contributed by atoms with E-state index in [2.05, 4.69) is 9.98 Å². The molecular weight excluding hydrogens is 208 g/mol. The van der Waals surface area contributed by atoms with Crippen LogP contribution in [0, 0.1) is 11.3 Å². The van der Waals surface area contributed by atoms with Gasteiger partial charge in [0.2, 0.25) is 5.96 Å². The summed E-state index contributed by atoms with van der Waals surface area (Å²) >= 11 is 0. The number of nitriles is 1. The molecule has 0 aromatic heterocycles. The number of nitrogens with zero attached hydrogens (tertiary/aromatic N) is 3. The summed E-state index contributed by atoms with van der Waals surface area (Å²) in [6, 6.07) is 6.24. The van der Waals surface area contributed by atoms with Crippen LogP contribution in [0.4, 0.5) is 5.69 Å². The third-order valence-electron chi connectivity index (χ3n) is 1.61. The van der Waals surface area contributed by atoms with Crippen LogP contribution in [0.3, 0.4) is 0 Å². The summed E-state index contributed by atoms with van der Waals surface area (Å²) in [5.41, 5.74) is 15.8. The Balaban J connectivity index is 3.25. The highest BCUT2D eigenvalue weighted by atomic mass is 16.3. The van der Waals surface area contributed by atoms with Crippen molar-refractivity contribution >= 4 is 17.6 Å². The van der Waals surface area contributed by atoms with Gasteiger partial charge in [-0.1, -0.05) is 6.07 Å². The molecule has 1 aromatic rings. The van der Waals surface area contributed by atoms with Gasteiger partial charge in [-0.25, -0.2) is 4.99 Å². The lowest BCUT2D eigenvalue weighted by molar-refractivity contribution is 0.476. The number of aromatic hydroxyl groups is 1. The van der Waals surface area contributed by atoms with Crippen LogP contribution in [0.5, 0.6) is 5.75 Å². The number of para-hydroxylation sites is 1. The minimum absolute atomic E-state index is 0.0347. The van der Waals surface area contributed by atoms with Gasteiger partial charge in [0.15, 0.2) is 5.96 Å². The first-order valence-corrected chi connectivity index (χ1v) is 4.20. The minimum atomic E-state index is -0.254. The lowest BCUT2D eigenvalue weighted by Crippen LogP contribution is -2.26. The van der Waals surface area contributed by atoms with Crippen molar-refractivity contribution in [3.8, 4) is 11.8 Å². The zero-order valence-electron chi connectivity index (χ0n) is 8.25. The first-order chi connectivity index (χ1) is 7.54. The number of aliphatic imine (C=N–C) groups is 2. The maximum absolute atomic E-state index is 9.48. The van der Waals surface area contributed by atoms with E-state index in [-0.39, 0.29) is 28.9 Å². The van der Waals surface area contributed by atoms with Crippen molar-refractivity contribution in [3.63, 3.8) is 0 Å². The van der Waals surface area contributed by atoms with Gasteiger partial charge < -0.3 is 22.3 Å². The lowest BCUT2D eigenvalue weighted by atomic mass is 10.2. The van der Waals surface area contributed by atoms with Gasteiger partial charge in [-0.05, 0) is 12.1 Å². The van der Waals surface area contributed by atoms with Gasteiger partial charge >= 0.3 is 0 Å². The van der Waals surface area contributed by atoms with Crippen molar-refractivity contribution in [1.82, 2.24) is 0 Å². The molecule has 0 amide bonds. The molecule has 0 aliphatic carbocycles. The van der Waals surface area contributed by atoms with Gasteiger partial charge in [-0.3, -0.25) is 0 Å². The van der Waals surface area contributed by atoms with Crippen LogP contribution in [-0.2, 0) is 0 Å². The van der Waals surface area contributed by atoms with E-state index in [4.69, 9.17) is 22.5 Å². The largest absolute Gasteiger partial charge is 0.506 e. The molecule has 1 rings (SSSR count). The average molecular weight is 218 g/mol. The van der Waals surface area contributed by atoms with Crippen molar-refractivity contribution in [3.05, 3.63) is 23.8 Å². The smallest absolute Gasteiger partial charge is 0.223 e. The molecule has 0 saturated heterocycles. The molecule has 7 heteroatoms. The Morgan fingerprint density at radius 2 is 2.00 bits per heavy atom. The fourth-order valence-electron chi connectivity index (χ4n) is 1.01. The molecule has 7 N–H and O–H groups in total. The molecule has 7 nitrogen and oxygen atoms in total. The molecule has 82 valence electrons. The number of guanidine groups is 2. The van der Waals surface area contributed by atoms with E-state index in [9.17, 15) is 5.11 Å². The fraction of sp³-hybridized carbons (Fsp3) is 0. The van der Waals surface area contributed by atoms with Crippen LogP contribution < -0.4 is 17.2 Å². The Morgan fingerprint density at radius 1 is 1.31 bits per heavy atom. The molecule has 1 aromatic carbocycles. The first-order valence-electron chi connectivity index (χ1n) is 4.20. The lowest BCUT2D eigenvalue weighted by Gasteiger charge is -2.01. The zero-order valence-corrected chi connectivity index (χ0v) is 8.25. The van der Waals surface area contributed by atoms with E-state index in [0.717, 1.165) is 0 Å². The Hall–Kier alpha value is -2.75. The average Bonchev–Trinajstić information content (AvgIpc) is 2.20. The number of hydrogen-bond acceptors (Lipinski definition) is 3. The molecule has 0 unspecified atom stereocenters. The zero-order chi connectivity index (χ0) is 12.1. The topological polar surface area (TPSA) is 147 Å². The van der Waals surface area contributed by atoms with E-state index in [0.29, 0.717) is 0 Å². The van der Waals surface area contributed by atoms with Crippen molar-refractivity contribution < 1.29 is 5.11 Å². The maximum atomic E-state index is 9.48. The van der Waals surface area contributed by atoms with Crippen molar-refractivity contribution in [1.29, 1.82) is 5.26 Å². The summed E-state index contributed by atoms with van der Waals surface area (Å²) < 4.78 is 0. The van der Waals surface area contributed by atoms with Crippen LogP contribution in [0.1, 0.15) is 5.56 Å². The van der Waals surface area contributed by atoms with Gasteiger partial charge in [-0.15, -0.1) is 0 Å². The van der Waals surface area contributed by atoms with Crippen molar-refractivity contribution in [2.75, 3.05) is 0 Å². The van der Waals surface area contributed by atoms with Crippen LogP contribution >= 0.6 is 0 Å². The minimum Gasteiger partial charge on any atom is -0.506 e. The second-order valence-corrected chi connectivity index (χ2v) is 2.79. The van der Waals surface area contributed by atoms with Gasteiger partial charge in [-0.2, -0.15) is 10.3 Å². The summed E-state index contributed by atoms with van der Waals surface area (Å²) in [7, 11) is 0. The summed E-state index contributed by atoms with van der Waals surface area (Å²) in [5.74, 6) is -0.666.